The van der Waals surface area contributed by atoms with E-state index in [0.717, 1.165) is 5.75 Å². The van der Waals surface area contributed by atoms with E-state index in [1.165, 1.54) is 31.6 Å². The lowest BCUT2D eigenvalue weighted by molar-refractivity contribution is 0.238. The largest absolute Gasteiger partial charge is 0.271 e. The minimum absolute atomic E-state index is 0.0228. The van der Waals surface area contributed by atoms with Crippen molar-refractivity contribution in [2.24, 2.45) is 4.99 Å². The van der Waals surface area contributed by atoms with Crippen LogP contribution in [0, 0.1) is 0 Å². The van der Waals surface area contributed by atoms with Gasteiger partial charge in [-0.15, -0.1) is 20.6 Å². The van der Waals surface area contributed by atoms with Gasteiger partial charge in [-0.05, 0) is 25.6 Å². The summed E-state index contributed by atoms with van der Waals surface area (Å²) in [6.45, 7) is 4.65. The fraction of sp³-hybridized carbons (Fsp3) is 0.778. The van der Waals surface area contributed by atoms with Crippen LogP contribution in [0.3, 0.4) is 0 Å². The molecule has 2 rings (SSSR count). The first kappa shape index (κ1) is 9.70. The molecule has 1 fully saturated rings. The van der Waals surface area contributed by atoms with E-state index in [1.807, 2.05) is 17.6 Å². The Kier molecular flexibility index (Phi) is 2.77. The van der Waals surface area contributed by atoms with Crippen LogP contribution in [0.4, 0.5) is 0 Å². The molecule has 0 amide bonds. The Hall–Kier alpha value is 0.150. The van der Waals surface area contributed by atoms with Crippen molar-refractivity contribution >= 4 is 32.1 Å². The first-order valence-electron chi connectivity index (χ1n) is 4.73. The van der Waals surface area contributed by atoms with E-state index in [4.69, 9.17) is 4.99 Å². The second-order valence-electron chi connectivity index (χ2n) is 3.66. The van der Waals surface area contributed by atoms with Crippen LogP contribution in [0.5, 0.6) is 0 Å². The summed E-state index contributed by atoms with van der Waals surface area (Å²) < 4.78 is 0. The molecule has 0 aromatic carbocycles. The van der Waals surface area contributed by atoms with Gasteiger partial charge in [0.25, 0.3) is 0 Å². The van der Waals surface area contributed by atoms with Gasteiger partial charge >= 0.3 is 0 Å². The quantitative estimate of drug-likeness (QED) is 0.652. The third kappa shape index (κ3) is 1.83. The number of hydrogen-bond donors (Lipinski definition) is 0. The van der Waals surface area contributed by atoms with Gasteiger partial charge < -0.3 is 0 Å². The number of nitrogens with zero attached hydrogens (tertiary/aromatic N) is 2. The standard InChI is InChI=1S/C9H15N2PS/c1-9(11-4-2-3-5-11)10-8(6-12)7-13-9/h6,12H,2-5,7H2,1H3. The molecule has 0 bridgehead atoms. The molecule has 0 N–H and O–H groups in total. The Balaban J connectivity index is 2.12. The monoisotopic (exact) mass is 214 g/mol. The van der Waals surface area contributed by atoms with Gasteiger partial charge in [-0.2, -0.15) is 0 Å². The highest BCUT2D eigenvalue weighted by Gasteiger charge is 2.37. The van der Waals surface area contributed by atoms with Gasteiger partial charge in [0, 0.05) is 18.8 Å². The Morgan fingerprint density at radius 2 is 2.23 bits per heavy atom. The molecular weight excluding hydrogens is 199 g/mol. The number of hydrogen-bond acceptors (Lipinski definition) is 3. The summed E-state index contributed by atoms with van der Waals surface area (Å²) in [7, 11) is 3.40. The molecule has 2 nitrogen and oxygen atoms in total. The molecule has 0 aromatic rings. The average molecular weight is 214 g/mol. The predicted octanol–water partition coefficient (Wildman–Crippen LogP) is 1.89. The summed E-state index contributed by atoms with van der Waals surface area (Å²) in [6.07, 6.45) is 2.66. The molecule has 72 valence electrons. The first-order chi connectivity index (χ1) is 6.24. The average Bonchev–Trinajstić information content (AvgIpc) is 2.72. The summed E-state index contributed by atoms with van der Waals surface area (Å²) in [4.78, 5) is 7.23. The molecular formula is C9H15N2PS. The summed E-state index contributed by atoms with van der Waals surface area (Å²) >= 11 is 1.93. The molecule has 1 atom stereocenters. The lowest BCUT2D eigenvalue weighted by atomic mass is 10.4. The zero-order valence-corrected chi connectivity index (χ0v) is 9.73. The molecule has 2 aliphatic heterocycles. The van der Waals surface area contributed by atoms with Crippen molar-refractivity contribution in [1.82, 2.24) is 4.90 Å². The molecule has 2 aliphatic rings. The van der Waals surface area contributed by atoms with Crippen LogP contribution in [0.15, 0.2) is 4.99 Å². The van der Waals surface area contributed by atoms with Crippen molar-refractivity contribution in [2.45, 2.75) is 24.8 Å². The van der Waals surface area contributed by atoms with Crippen LogP contribution < -0.4 is 0 Å². The van der Waals surface area contributed by atoms with Gasteiger partial charge in [-0.25, -0.2) is 0 Å². The minimum Gasteiger partial charge on any atom is -0.271 e. The molecule has 1 saturated heterocycles. The predicted molar refractivity (Wildman–Crippen MR) is 63.5 cm³/mol. The summed E-state index contributed by atoms with van der Waals surface area (Å²) in [5.41, 5.74) is 1.18. The van der Waals surface area contributed by atoms with Gasteiger partial charge in [-0.1, -0.05) is 0 Å². The van der Waals surface area contributed by atoms with Gasteiger partial charge in [0.15, 0.2) is 4.99 Å². The fourth-order valence-corrected chi connectivity index (χ4v) is 3.34. The van der Waals surface area contributed by atoms with Crippen LogP contribution in [0.2, 0.25) is 0 Å². The Morgan fingerprint density at radius 3 is 2.77 bits per heavy atom. The van der Waals surface area contributed by atoms with E-state index in [-0.39, 0.29) is 4.99 Å². The molecule has 1 unspecified atom stereocenters. The maximum Gasteiger partial charge on any atom is 0.158 e. The third-order valence-electron chi connectivity index (χ3n) is 2.70. The maximum atomic E-state index is 4.72. The lowest BCUT2D eigenvalue weighted by Crippen LogP contribution is -2.38. The SMILES string of the molecule is CC1(N2CCCC2)N=C(C=P)CS1. The van der Waals surface area contributed by atoms with E-state index in [2.05, 4.69) is 20.7 Å². The molecule has 0 radical (unpaired) electrons. The Bertz CT molecular complexity index is 248. The van der Waals surface area contributed by atoms with Crippen LogP contribution in [-0.4, -0.2) is 40.2 Å². The van der Waals surface area contributed by atoms with Gasteiger partial charge in [0.05, 0.1) is 5.71 Å². The van der Waals surface area contributed by atoms with Crippen LogP contribution in [-0.2, 0) is 0 Å². The number of aliphatic imine (C=N–C) groups is 1. The topological polar surface area (TPSA) is 15.6 Å². The molecule has 13 heavy (non-hydrogen) atoms. The summed E-state index contributed by atoms with van der Waals surface area (Å²) in [6, 6.07) is 0. The molecule has 2 heterocycles. The molecule has 0 aliphatic carbocycles. The van der Waals surface area contributed by atoms with Crippen molar-refractivity contribution in [1.29, 1.82) is 0 Å². The highest BCUT2D eigenvalue weighted by molar-refractivity contribution is 8.01. The first-order valence-corrected chi connectivity index (χ1v) is 6.29. The van der Waals surface area contributed by atoms with Crippen molar-refractivity contribution in [2.75, 3.05) is 18.8 Å². The van der Waals surface area contributed by atoms with Gasteiger partial charge in [-0.3, -0.25) is 9.89 Å². The lowest BCUT2D eigenvalue weighted by Gasteiger charge is -2.31. The van der Waals surface area contributed by atoms with Gasteiger partial charge in [0.1, 0.15) is 0 Å². The van der Waals surface area contributed by atoms with E-state index < -0.39 is 0 Å². The highest BCUT2D eigenvalue weighted by Crippen LogP contribution is 2.37. The number of likely N-dealkylation sites (tertiary alicyclic amines) is 1. The molecule has 0 saturated carbocycles. The molecule has 0 aromatic heterocycles. The minimum atomic E-state index is 0.0228. The number of thioether (sulfide) groups is 1. The van der Waals surface area contributed by atoms with Crippen LogP contribution in [0.25, 0.3) is 0 Å². The van der Waals surface area contributed by atoms with E-state index >= 15 is 0 Å². The van der Waals surface area contributed by atoms with Crippen molar-refractivity contribution in [3.63, 3.8) is 0 Å². The second kappa shape index (κ2) is 3.72. The fourth-order valence-electron chi connectivity index (χ4n) is 1.91. The Morgan fingerprint density at radius 1 is 1.54 bits per heavy atom. The van der Waals surface area contributed by atoms with E-state index in [1.54, 1.807) is 0 Å². The highest BCUT2D eigenvalue weighted by atomic mass is 32.2. The van der Waals surface area contributed by atoms with Crippen LogP contribution in [0.1, 0.15) is 19.8 Å². The number of rotatable bonds is 2. The normalized spacial score (nSPS) is 35.0. The van der Waals surface area contributed by atoms with E-state index in [0.29, 0.717) is 0 Å². The van der Waals surface area contributed by atoms with Crippen LogP contribution >= 0.6 is 20.6 Å². The molecule has 0 spiro atoms. The zero-order chi connectivity index (χ0) is 9.31. The third-order valence-corrected chi connectivity index (χ3v) is 4.37. The van der Waals surface area contributed by atoms with Gasteiger partial charge in [0.2, 0.25) is 0 Å². The van der Waals surface area contributed by atoms with Crippen molar-refractivity contribution < 1.29 is 0 Å². The van der Waals surface area contributed by atoms with E-state index in [9.17, 15) is 0 Å². The second-order valence-corrected chi connectivity index (χ2v) is 5.30. The van der Waals surface area contributed by atoms with Crippen molar-refractivity contribution in [3.05, 3.63) is 0 Å². The summed E-state index contributed by atoms with van der Waals surface area (Å²) in [5.74, 6) is 2.98. The smallest absolute Gasteiger partial charge is 0.158 e. The maximum absolute atomic E-state index is 4.72. The summed E-state index contributed by atoms with van der Waals surface area (Å²) in [5, 5.41) is 0. The van der Waals surface area contributed by atoms with Crippen molar-refractivity contribution in [3.8, 4) is 0 Å². The zero-order valence-electron chi connectivity index (χ0n) is 7.92. The Labute approximate surface area is 86.0 Å². The molecule has 4 heteroatoms.